The summed E-state index contributed by atoms with van der Waals surface area (Å²) in [6, 6.07) is 18.4. The zero-order chi connectivity index (χ0) is 24.7. The number of nitrogens with one attached hydrogen (secondary N) is 2. The van der Waals surface area contributed by atoms with Gasteiger partial charge in [-0.3, -0.25) is 4.79 Å². The molecule has 0 aliphatic heterocycles. The monoisotopic (exact) mass is 501 g/mol. The normalized spacial score (nSPS) is 11.6. The van der Waals surface area contributed by atoms with E-state index in [0.717, 1.165) is 5.56 Å². The first-order valence-electron chi connectivity index (χ1n) is 10.1. The third-order valence-electron chi connectivity index (χ3n) is 4.86. The number of benzene rings is 3. The first-order valence-corrected chi connectivity index (χ1v) is 12.0. The van der Waals surface area contributed by atoms with Gasteiger partial charge in [0.2, 0.25) is 5.91 Å². The fourth-order valence-corrected chi connectivity index (χ4v) is 4.16. The summed E-state index contributed by atoms with van der Waals surface area (Å²) < 4.78 is 35.7. The van der Waals surface area contributed by atoms with Crippen LogP contribution in [0, 0.1) is 0 Å². The van der Waals surface area contributed by atoms with Crippen molar-refractivity contribution in [2.75, 3.05) is 19.5 Å². The summed E-state index contributed by atoms with van der Waals surface area (Å²) in [5, 5.41) is 7.44. The van der Waals surface area contributed by atoms with Gasteiger partial charge in [-0.2, -0.15) is 18.4 Å². The minimum atomic E-state index is -3.97. The molecule has 1 amide bonds. The van der Waals surface area contributed by atoms with Crippen LogP contribution in [0.5, 0.6) is 11.5 Å². The average Bonchev–Trinajstić information content (AvgIpc) is 2.84. The van der Waals surface area contributed by atoms with E-state index in [9.17, 15) is 13.2 Å². The maximum atomic E-state index is 12.7. The standard InChI is InChI=1S/C24H24ClN3O5S/c1-16(27-28-34(30,31)23-13-12-21(32-2)15-22(23)33-3)18-6-10-20(11-7-18)26-24(29)14-17-4-8-19(25)9-5-17/h4-13,15,28H,14H2,1-3H3,(H,26,29). The van der Waals surface area contributed by atoms with Gasteiger partial charge in [-0.1, -0.05) is 35.9 Å². The number of hydrogen-bond donors (Lipinski definition) is 2. The van der Waals surface area contributed by atoms with Crippen LogP contribution in [-0.4, -0.2) is 34.3 Å². The van der Waals surface area contributed by atoms with Gasteiger partial charge in [-0.25, -0.2) is 0 Å². The summed E-state index contributed by atoms with van der Waals surface area (Å²) in [5.41, 5.74) is 2.58. The molecule has 0 radical (unpaired) electrons. The molecule has 178 valence electrons. The molecule has 0 heterocycles. The largest absolute Gasteiger partial charge is 0.497 e. The van der Waals surface area contributed by atoms with Gasteiger partial charge in [0.05, 0.1) is 26.4 Å². The summed E-state index contributed by atoms with van der Waals surface area (Å²) in [5.74, 6) is 0.441. The number of amides is 1. The van der Waals surface area contributed by atoms with Crippen LogP contribution in [0.25, 0.3) is 0 Å². The van der Waals surface area contributed by atoms with Gasteiger partial charge in [0.25, 0.3) is 10.0 Å². The molecule has 0 fully saturated rings. The van der Waals surface area contributed by atoms with Crippen LogP contribution >= 0.6 is 11.6 Å². The molecular weight excluding hydrogens is 478 g/mol. The summed E-state index contributed by atoms with van der Waals surface area (Å²) in [4.78, 5) is 14.4. The molecule has 0 aliphatic rings. The van der Waals surface area contributed by atoms with E-state index < -0.39 is 10.0 Å². The van der Waals surface area contributed by atoms with E-state index >= 15 is 0 Å². The molecule has 3 rings (SSSR count). The molecule has 0 aromatic heterocycles. The third-order valence-corrected chi connectivity index (χ3v) is 6.36. The SMILES string of the molecule is COc1ccc(S(=O)(=O)NN=C(C)c2ccc(NC(=O)Cc3ccc(Cl)cc3)cc2)c(OC)c1. The van der Waals surface area contributed by atoms with Gasteiger partial charge >= 0.3 is 0 Å². The second kappa shape index (κ2) is 11.0. The molecule has 2 N–H and O–H groups in total. The maximum Gasteiger partial charge on any atom is 0.280 e. The van der Waals surface area contributed by atoms with Crippen molar-refractivity contribution in [3.63, 3.8) is 0 Å². The number of halogens is 1. The van der Waals surface area contributed by atoms with Gasteiger partial charge < -0.3 is 14.8 Å². The summed E-state index contributed by atoms with van der Waals surface area (Å²) in [7, 11) is -1.12. The van der Waals surface area contributed by atoms with Gasteiger partial charge in [0.1, 0.15) is 16.4 Å². The van der Waals surface area contributed by atoms with Crippen molar-refractivity contribution in [2.24, 2.45) is 5.10 Å². The summed E-state index contributed by atoms with van der Waals surface area (Å²) in [6.45, 7) is 1.67. The fourth-order valence-electron chi connectivity index (χ4n) is 3.03. The number of anilines is 1. The Morgan fingerprint density at radius 2 is 1.65 bits per heavy atom. The Labute approximate surface area is 203 Å². The Kier molecular flexibility index (Phi) is 8.14. The maximum absolute atomic E-state index is 12.7. The quantitative estimate of drug-likeness (QED) is 0.337. The number of methoxy groups -OCH3 is 2. The molecule has 3 aromatic rings. The van der Waals surface area contributed by atoms with Crippen LogP contribution in [0.3, 0.4) is 0 Å². The molecule has 34 heavy (non-hydrogen) atoms. The number of ether oxygens (including phenoxy) is 2. The van der Waals surface area contributed by atoms with E-state index in [1.807, 2.05) is 0 Å². The average molecular weight is 502 g/mol. The second-order valence-electron chi connectivity index (χ2n) is 7.24. The first-order chi connectivity index (χ1) is 16.2. The van der Waals surface area contributed by atoms with Crippen molar-refractivity contribution in [3.05, 3.63) is 82.9 Å². The number of nitrogens with zero attached hydrogens (tertiary/aromatic N) is 1. The van der Waals surface area contributed by atoms with Gasteiger partial charge in [0.15, 0.2) is 0 Å². The zero-order valence-electron chi connectivity index (χ0n) is 18.8. The van der Waals surface area contributed by atoms with E-state index in [1.54, 1.807) is 55.5 Å². The van der Waals surface area contributed by atoms with Gasteiger partial charge in [-0.05, 0) is 54.4 Å². The highest BCUT2D eigenvalue weighted by Crippen LogP contribution is 2.28. The highest BCUT2D eigenvalue weighted by Gasteiger charge is 2.20. The van der Waals surface area contributed by atoms with E-state index in [1.165, 1.54) is 32.4 Å². The van der Waals surface area contributed by atoms with E-state index in [-0.39, 0.29) is 23.0 Å². The minimum Gasteiger partial charge on any atom is -0.497 e. The van der Waals surface area contributed by atoms with Crippen LogP contribution in [0.1, 0.15) is 18.1 Å². The van der Waals surface area contributed by atoms with E-state index in [2.05, 4.69) is 15.2 Å². The molecule has 0 spiro atoms. The Morgan fingerprint density at radius 1 is 0.971 bits per heavy atom. The van der Waals surface area contributed by atoms with Crippen LogP contribution in [-0.2, 0) is 21.2 Å². The summed E-state index contributed by atoms with van der Waals surface area (Å²) >= 11 is 5.86. The van der Waals surface area contributed by atoms with Crippen LogP contribution in [0.15, 0.2) is 76.7 Å². The zero-order valence-corrected chi connectivity index (χ0v) is 20.4. The molecule has 0 aliphatic carbocycles. The predicted octanol–water partition coefficient (Wildman–Crippen LogP) is 4.24. The Hall–Kier alpha value is -3.56. The minimum absolute atomic E-state index is 0.0638. The number of rotatable bonds is 9. The molecule has 0 unspecified atom stereocenters. The lowest BCUT2D eigenvalue weighted by molar-refractivity contribution is -0.115. The Bertz CT molecular complexity index is 1290. The number of carbonyl (C=O) groups excluding carboxylic acids is 1. The van der Waals surface area contributed by atoms with Crippen molar-refractivity contribution in [1.29, 1.82) is 0 Å². The number of carbonyl (C=O) groups is 1. The second-order valence-corrected chi connectivity index (χ2v) is 9.30. The molecule has 3 aromatic carbocycles. The lowest BCUT2D eigenvalue weighted by Gasteiger charge is -2.11. The molecule has 0 bridgehead atoms. The van der Waals surface area contributed by atoms with Crippen molar-refractivity contribution < 1.29 is 22.7 Å². The van der Waals surface area contributed by atoms with Crippen LogP contribution < -0.4 is 19.6 Å². The van der Waals surface area contributed by atoms with Crippen molar-refractivity contribution >= 4 is 38.9 Å². The van der Waals surface area contributed by atoms with Crippen molar-refractivity contribution in [1.82, 2.24) is 4.83 Å². The molecule has 8 nitrogen and oxygen atoms in total. The Morgan fingerprint density at radius 3 is 2.26 bits per heavy atom. The van der Waals surface area contributed by atoms with Crippen molar-refractivity contribution in [2.45, 2.75) is 18.2 Å². The number of sulfonamides is 1. The van der Waals surface area contributed by atoms with E-state index in [4.69, 9.17) is 21.1 Å². The predicted molar refractivity (Wildman–Crippen MR) is 132 cm³/mol. The van der Waals surface area contributed by atoms with Crippen LogP contribution in [0.4, 0.5) is 5.69 Å². The van der Waals surface area contributed by atoms with Gasteiger partial charge in [0, 0.05) is 16.8 Å². The molecule has 10 heteroatoms. The smallest absolute Gasteiger partial charge is 0.280 e. The van der Waals surface area contributed by atoms with Crippen LogP contribution in [0.2, 0.25) is 5.02 Å². The fraction of sp³-hybridized carbons (Fsp3) is 0.167. The Balaban J connectivity index is 1.65. The van der Waals surface area contributed by atoms with Gasteiger partial charge in [-0.15, -0.1) is 0 Å². The summed E-state index contributed by atoms with van der Waals surface area (Å²) in [6.07, 6.45) is 0.218. The molecule has 0 saturated carbocycles. The number of hydrogen-bond acceptors (Lipinski definition) is 6. The number of hydrazone groups is 1. The molecule has 0 saturated heterocycles. The molecule has 0 atom stereocenters. The first kappa shape index (κ1) is 25.1. The third kappa shape index (κ3) is 6.49. The highest BCUT2D eigenvalue weighted by molar-refractivity contribution is 7.89. The lowest BCUT2D eigenvalue weighted by Crippen LogP contribution is -2.20. The topological polar surface area (TPSA) is 106 Å². The van der Waals surface area contributed by atoms with Crippen molar-refractivity contribution in [3.8, 4) is 11.5 Å². The van der Waals surface area contributed by atoms with E-state index in [0.29, 0.717) is 27.7 Å². The lowest BCUT2D eigenvalue weighted by atomic mass is 10.1. The highest BCUT2D eigenvalue weighted by atomic mass is 35.5. The molecular formula is C24H24ClN3O5S.